The van der Waals surface area contributed by atoms with Gasteiger partial charge in [0.05, 0.1) is 5.92 Å². The molecule has 0 aliphatic carbocycles. The van der Waals surface area contributed by atoms with Gasteiger partial charge in [-0.15, -0.1) is 24.8 Å². The summed E-state index contributed by atoms with van der Waals surface area (Å²) in [6.07, 6.45) is 0.997. The van der Waals surface area contributed by atoms with Gasteiger partial charge in [0.25, 0.3) is 0 Å². The second-order valence-corrected chi connectivity index (χ2v) is 5.79. The maximum Gasteiger partial charge on any atom is 0.227 e. The summed E-state index contributed by atoms with van der Waals surface area (Å²) in [5, 5.41) is 3.28. The summed E-state index contributed by atoms with van der Waals surface area (Å²) < 4.78 is 0. The van der Waals surface area contributed by atoms with Crippen LogP contribution in [0.2, 0.25) is 0 Å². The molecule has 2 heterocycles. The minimum atomic E-state index is 0. The van der Waals surface area contributed by atoms with E-state index >= 15 is 0 Å². The molecule has 3 rings (SSSR count). The lowest BCUT2D eigenvalue weighted by molar-refractivity contribution is -0.135. The first-order valence-corrected chi connectivity index (χ1v) is 7.56. The number of aryl methyl sites for hydroxylation is 1. The van der Waals surface area contributed by atoms with Gasteiger partial charge < -0.3 is 15.1 Å². The molecule has 124 valence electrons. The first kappa shape index (κ1) is 19.1. The van der Waals surface area contributed by atoms with Gasteiger partial charge in [-0.05, 0) is 31.5 Å². The predicted octanol–water partition coefficient (Wildman–Crippen LogP) is 2.10. The Morgan fingerprint density at radius 2 is 1.82 bits per heavy atom. The van der Waals surface area contributed by atoms with Gasteiger partial charge in [-0.1, -0.05) is 18.2 Å². The molecule has 0 aromatic heterocycles. The zero-order chi connectivity index (χ0) is 13.9. The molecule has 2 aliphatic rings. The molecule has 4 nitrogen and oxygen atoms in total. The molecule has 2 fully saturated rings. The van der Waals surface area contributed by atoms with Gasteiger partial charge in [0, 0.05) is 38.4 Å². The van der Waals surface area contributed by atoms with E-state index in [4.69, 9.17) is 0 Å². The Morgan fingerprint density at radius 3 is 2.41 bits per heavy atom. The average molecular weight is 346 g/mol. The van der Waals surface area contributed by atoms with Crippen LogP contribution in [0, 0.1) is 12.8 Å². The molecule has 0 radical (unpaired) electrons. The topological polar surface area (TPSA) is 35.6 Å². The molecule has 2 aliphatic heterocycles. The third kappa shape index (κ3) is 4.06. The molecular weight excluding hydrogens is 321 g/mol. The minimum absolute atomic E-state index is 0. The third-order valence-corrected chi connectivity index (χ3v) is 4.46. The van der Waals surface area contributed by atoms with Crippen LogP contribution in [0.1, 0.15) is 12.0 Å². The number of carbonyl (C=O) groups excluding carboxylic acids is 1. The van der Waals surface area contributed by atoms with Gasteiger partial charge >= 0.3 is 0 Å². The van der Waals surface area contributed by atoms with Crippen molar-refractivity contribution in [1.29, 1.82) is 0 Å². The van der Waals surface area contributed by atoms with E-state index in [9.17, 15) is 4.79 Å². The van der Waals surface area contributed by atoms with E-state index in [0.29, 0.717) is 5.91 Å². The Labute approximate surface area is 145 Å². The molecule has 1 atom stereocenters. The molecule has 1 aromatic rings. The highest BCUT2D eigenvalue weighted by Gasteiger charge is 2.29. The molecule has 0 saturated carbocycles. The first-order chi connectivity index (χ1) is 9.75. The van der Waals surface area contributed by atoms with Gasteiger partial charge in [0.1, 0.15) is 0 Å². The molecule has 22 heavy (non-hydrogen) atoms. The number of piperazine rings is 1. The Kier molecular flexibility index (Phi) is 7.46. The standard InChI is InChI=1S/C16H23N3O.2ClH/c1-13-4-2-3-5-15(13)18-8-10-19(11-9-18)16(20)14-6-7-17-12-14;;/h2-5,14,17H,6-12H2,1H3;2*1H. The number of amides is 1. The number of halogens is 2. The van der Waals surface area contributed by atoms with Crippen LogP contribution in [0.15, 0.2) is 24.3 Å². The van der Waals surface area contributed by atoms with Crippen molar-refractivity contribution < 1.29 is 4.79 Å². The Morgan fingerprint density at radius 1 is 1.14 bits per heavy atom. The number of carbonyl (C=O) groups is 1. The second-order valence-electron chi connectivity index (χ2n) is 5.79. The maximum atomic E-state index is 12.4. The monoisotopic (exact) mass is 345 g/mol. The fourth-order valence-electron chi connectivity index (χ4n) is 3.21. The Bertz CT molecular complexity index is 484. The average Bonchev–Trinajstić information content (AvgIpc) is 3.01. The van der Waals surface area contributed by atoms with E-state index in [1.807, 2.05) is 4.90 Å². The first-order valence-electron chi connectivity index (χ1n) is 7.56. The van der Waals surface area contributed by atoms with Crippen molar-refractivity contribution in [2.75, 3.05) is 44.2 Å². The molecule has 1 N–H and O–H groups in total. The maximum absolute atomic E-state index is 12.4. The summed E-state index contributed by atoms with van der Waals surface area (Å²) in [6, 6.07) is 8.49. The zero-order valence-electron chi connectivity index (χ0n) is 13.0. The van der Waals surface area contributed by atoms with Crippen molar-refractivity contribution in [2.45, 2.75) is 13.3 Å². The molecule has 6 heteroatoms. The molecule has 1 aromatic carbocycles. The summed E-state index contributed by atoms with van der Waals surface area (Å²) in [5.74, 6) is 0.555. The van der Waals surface area contributed by atoms with Crippen molar-refractivity contribution in [2.24, 2.45) is 5.92 Å². The van der Waals surface area contributed by atoms with Crippen molar-refractivity contribution in [3.05, 3.63) is 29.8 Å². The van der Waals surface area contributed by atoms with Gasteiger partial charge in [0.15, 0.2) is 0 Å². The summed E-state index contributed by atoms with van der Waals surface area (Å²) in [7, 11) is 0. The molecule has 0 bridgehead atoms. The highest BCUT2D eigenvalue weighted by molar-refractivity contribution is 5.85. The lowest BCUT2D eigenvalue weighted by Crippen LogP contribution is -2.50. The van der Waals surface area contributed by atoms with Crippen LogP contribution >= 0.6 is 24.8 Å². The van der Waals surface area contributed by atoms with Crippen LogP contribution in [0.3, 0.4) is 0 Å². The summed E-state index contributed by atoms with van der Waals surface area (Å²) in [6.45, 7) is 7.58. The number of anilines is 1. The van der Waals surface area contributed by atoms with E-state index in [2.05, 4.69) is 41.4 Å². The third-order valence-electron chi connectivity index (χ3n) is 4.46. The Balaban J connectivity index is 0.00000121. The number of hydrogen-bond acceptors (Lipinski definition) is 3. The van der Waals surface area contributed by atoms with Gasteiger partial charge in [0.2, 0.25) is 5.91 Å². The number of rotatable bonds is 2. The van der Waals surface area contributed by atoms with Crippen LogP contribution in [0.4, 0.5) is 5.69 Å². The number of para-hydroxylation sites is 1. The van der Waals surface area contributed by atoms with Crippen LogP contribution in [-0.2, 0) is 4.79 Å². The largest absolute Gasteiger partial charge is 0.368 e. The van der Waals surface area contributed by atoms with Crippen molar-refractivity contribution in [3.8, 4) is 0 Å². The smallest absolute Gasteiger partial charge is 0.227 e. The van der Waals surface area contributed by atoms with Crippen LogP contribution < -0.4 is 10.2 Å². The van der Waals surface area contributed by atoms with Gasteiger partial charge in [-0.3, -0.25) is 4.79 Å². The van der Waals surface area contributed by atoms with Crippen molar-refractivity contribution in [1.82, 2.24) is 10.2 Å². The number of hydrogen-bond donors (Lipinski definition) is 1. The SMILES string of the molecule is Cc1ccccc1N1CCN(C(=O)C2CCNC2)CC1.Cl.Cl. The minimum Gasteiger partial charge on any atom is -0.368 e. The number of nitrogens with one attached hydrogen (secondary N) is 1. The highest BCUT2D eigenvalue weighted by Crippen LogP contribution is 2.21. The summed E-state index contributed by atoms with van der Waals surface area (Å²) in [4.78, 5) is 16.8. The quantitative estimate of drug-likeness (QED) is 0.891. The predicted molar refractivity (Wildman–Crippen MR) is 95.4 cm³/mol. The van der Waals surface area contributed by atoms with E-state index < -0.39 is 0 Å². The normalized spacial score (nSPS) is 21.0. The second kappa shape index (κ2) is 8.61. The van der Waals surface area contributed by atoms with Crippen molar-refractivity contribution >= 4 is 36.4 Å². The molecular formula is C16H25Cl2N3O. The van der Waals surface area contributed by atoms with E-state index in [-0.39, 0.29) is 30.7 Å². The lowest BCUT2D eigenvalue weighted by atomic mass is 10.1. The molecule has 0 spiro atoms. The van der Waals surface area contributed by atoms with Crippen LogP contribution in [-0.4, -0.2) is 50.1 Å². The Hall–Kier alpha value is -0.970. The molecule has 2 saturated heterocycles. The van der Waals surface area contributed by atoms with Gasteiger partial charge in [-0.2, -0.15) is 0 Å². The molecule has 1 unspecified atom stereocenters. The highest BCUT2D eigenvalue weighted by atomic mass is 35.5. The van der Waals surface area contributed by atoms with Crippen molar-refractivity contribution in [3.63, 3.8) is 0 Å². The number of benzene rings is 1. The van der Waals surface area contributed by atoms with E-state index in [0.717, 1.165) is 45.7 Å². The van der Waals surface area contributed by atoms with Gasteiger partial charge in [-0.25, -0.2) is 0 Å². The fourth-order valence-corrected chi connectivity index (χ4v) is 3.21. The lowest BCUT2D eigenvalue weighted by Gasteiger charge is -2.37. The number of nitrogens with zero attached hydrogens (tertiary/aromatic N) is 2. The summed E-state index contributed by atoms with van der Waals surface area (Å²) in [5.41, 5.74) is 2.62. The van der Waals surface area contributed by atoms with Crippen LogP contribution in [0.5, 0.6) is 0 Å². The zero-order valence-corrected chi connectivity index (χ0v) is 14.6. The van der Waals surface area contributed by atoms with Crippen LogP contribution in [0.25, 0.3) is 0 Å². The summed E-state index contributed by atoms with van der Waals surface area (Å²) >= 11 is 0. The van der Waals surface area contributed by atoms with E-state index in [1.165, 1.54) is 11.3 Å². The molecule has 1 amide bonds. The van der Waals surface area contributed by atoms with E-state index in [1.54, 1.807) is 0 Å². The fraction of sp³-hybridized carbons (Fsp3) is 0.562.